The van der Waals surface area contributed by atoms with Crippen LogP contribution in [0.3, 0.4) is 0 Å². The van der Waals surface area contributed by atoms with E-state index in [1.807, 2.05) is 43.3 Å². The van der Waals surface area contributed by atoms with Crippen LogP contribution in [-0.2, 0) is 14.3 Å². The summed E-state index contributed by atoms with van der Waals surface area (Å²) in [5.74, 6) is -2.12. The first-order chi connectivity index (χ1) is 15.8. The second-order valence-electron chi connectivity index (χ2n) is 8.47. The average Bonchev–Trinajstić information content (AvgIpc) is 3.11. The largest absolute Gasteiger partial charge is 0.480 e. The van der Waals surface area contributed by atoms with Crippen molar-refractivity contribution in [1.29, 1.82) is 0 Å². The summed E-state index contributed by atoms with van der Waals surface area (Å²) < 4.78 is 5.50. The Bertz CT molecular complexity index is 962. The van der Waals surface area contributed by atoms with Crippen molar-refractivity contribution in [3.05, 3.63) is 59.7 Å². The highest BCUT2D eigenvalue weighted by Crippen LogP contribution is 2.44. The second-order valence-corrected chi connectivity index (χ2v) is 8.47. The van der Waals surface area contributed by atoms with Gasteiger partial charge in [0.2, 0.25) is 5.91 Å². The van der Waals surface area contributed by atoms with Crippen LogP contribution in [0.2, 0.25) is 0 Å². The van der Waals surface area contributed by atoms with Crippen LogP contribution in [-0.4, -0.2) is 67.8 Å². The summed E-state index contributed by atoms with van der Waals surface area (Å²) in [7, 11) is 3.47. The molecule has 0 radical (unpaired) electrons. The Balaban J connectivity index is 1.55. The summed E-state index contributed by atoms with van der Waals surface area (Å²) in [5, 5.41) is 14.5. The van der Waals surface area contributed by atoms with Crippen molar-refractivity contribution >= 4 is 18.0 Å². The zero-order valence-corrected chi connectivity index (χ0v) is 19.2. The number of ether oxygens (including phenoxy) is 1. The summed E-state index contributed by atoms with van der Waals surface area (Å²) >= 11 is 0. The number of carbonyl (C=O) groups is 3. The molecule has 0 spiro atoms. The van der Waals surface area contributed by atoms with Crippen LogP contribution in [0.4, 0.5) is 4.79 Å². The molecule has 3 rings (SSSR count). The Morgan fingerprint density at radius 3 is 2.12 bits per heavy atom. The minimum atomic E-state index is -1.10. The molecule has 1 aliphatic carbocycles. The molecule has 0 saturated heterocycles. The van der Waals surface area contributed by atoms with Crippen LogP contribution in [0.5, 0.6) is 0 Å². The molecule has 0 saturated carbocycles. The van der Waals surface area contributed by atoms with Gasteiger partial charge in [-0.25, -0.2) is 9.59 Å². The van der Waals surface area contributed by atoms with E-state index in [1.54, 1.807) is 19.0 Å². The molecule has 0 bridgehead atoms. The lowest BCUT2D eigenvalue weighted by Gasteiger charge is -2.22. The monoisotopic (exact) mass is 453 g/mol. The Hall–Kier alpha value is -3.39. The quantitative estimate of drug-likeness (QED) is 0.511. The number of nitrogens with zero attached hydrogens (tertiary/aromatic N) is 1. The molecule has 176 valence electrons. The molecule has 8 heteroatoms. The molecule has 2 aromatic rings. The molecule has 0 heterocycles. The molecule has 0 aliphatic heterocycles. The number of likely N-dealkylation sites (N-methyl/N-ethyl adjacent to an activating group) is 1. The van der Waals surface area contributed by atoms with Crippen LogP contribution in [0.15, 0.2) is 48.5 Å². The molecule has 2 unspecified atom stereocenters. The van der Waals surface area contributed by atoms with Gasteiger partial charge in [-0.1, -0.05) is 55.5 Å². The maximum atomic E-state index is 12.5. The number of fused-ring (bicyclic) bond motifs is 3. The number of carboxylic acids is 1. The van der Waals surface area contributed by atoms with E-state index < -0.39 is 29.9 Å². The van der Waals surface area contributed by atoms with Crippen LogP contribution in [0, 0.1) is 5.92 Å². The summed E-state index contributed by atoms with van der Waals surface area (Å²) in [4.78, 5) is 38.0. The highest BCUT2D eigenvalue weighted by atomic mass is 16.5. The van der Waals surface area contributed by atoms with Crippen molar-refractivity contribution in [2.45, 2.75) is 25.3 Å². The van der Waals surface area contributed by atoms with E-state index in [0.29, 0.717) is 6.42 Å². The van der Waals surface area contributed by atoms with Crippen LogP contribution in [0.1, 0.15) is 30.4 Å². The molecular formula is C25H31N3O5. The molecule has 0 aromatic heterocycles. The summed E-state index contributed by atoms with van der Waals surface area (Å²) in [6.45, 7) is 2.24. The fourth-order valence-electron chi connectivity index (χ4n) is 4.12. The van der Waals surface area contributed by atoms with Gasteiger partial charge >= 0.3 is 12.1 Å². The molecule has 1 aliphatic rings. The first-order valence-electron chi connectivity index (χ1n) is 11.1. The maximum Gasteiger partial charge on any atom is 0.407 e. The smallest absolute Gasteiger partial charge is 0.407 e. The molecule has 2 aromatic carbocycles. The predicted octanol–water partition coefficient (Wildman–Crippen LogP) is 2.68. The number of nitrogens with one attached hydrogen (secondary N) is 2. The van der Waals surface area contributed by atoms with Gasteiger partial charge < -0.3 is 25.4 Å². The number of benzene rings is 2. The van der Waals surface area contributed by atoms with E-state index in [2.05, 4.69) is 22.8 Å². The third kappa shape index (κ3) is 5.90. The van der Waals surface area contributed by atoms with Crippen molar-refractivity contribution in [2.24, 2.45) is 5.92 Å². The Kier molecular flexibility index (Phi) is 8.06. The number of amides is 2. The number of alkyl carbamates (subject to hydrolysis) is 1. The second kappa shape index (κ2) is 11.0. The summed E-state index contributed by atoms with van der Waals surface area (Å²) in [5.41, 5.74) is 4.54. The third-order valence-electron chi connectivity index (χ3n) is 5.86. The van der Waals surface area contributed by atoms with Crippen molar-refractivity contribution in [1.82, 2.24) is 15.5 Å². The molecule has 3 N–H and O–H groups in total. The molecule has 2 amide bonds. The number of hydrogen-bond donors (Lipinski definition) is 3. The minimum Gasteiger partial charge on any atom is -0.480 e. The highest BCUT2D eigenvalue weighted by Gasteiger charge is 2.29. The van der Waals surface area contributed by atoms with E-state index in [9.17, 15) is 19.5 Å². The lowest BCUT2D eigenvalue weighted by atomic mass is 9.98. The van der Waals surface area contributed by atoms with Gasteiger partial charge in [-0.15, -0.1) is 0 Å². The highest BCUT2D eigenvalue weighted by molar-refractivity contribution is 5.85. The standard InChI is InChI=1S/C25H31N3O5/c1-4-16(23(29)27-22(24(30)31)14-28(2)3)13-26-25(32)33-15-21-19-11-7-5-9-17(19)18-10-6-8-12-20(18)21/h5-12,16,21-22H,4,13-15H2,1-3H3,(H,26,32)(H,27,29)(H,30,31). The van der Waals surface area contributed by atoms with Gasteiger partial charge in [0.1, 0.15) is 12.6 Å². The SMILES string of the molecule is CCC(CNC(=O)OCC1c2ccccc2-c2ccccc21)C(=O)NC(CN(C)C)C(=O)O. The lowest BCUT2D eigenvalue weighted by molar-refractivity contribution is -0.142. The van der Waals surface area contributed by atoms with E-state index >= 15 is 0 Å². The topological polar surface area (TPSA) is 108 Å². The molecule has 0 fully saturated rings. The lowest BCUT2D eigenvalue weighted by Crippen LogP contribution is -2.50. The van der Waals surface area contributed by atoms with Gasteiger partial charge in [-0.05, 0) is 42.8 Å². The molecule has 33 heavy (non-hydrogen) atoms. The number of carboxylic acid groups (broad SMARTS) is 1. The fraction of sp³-hybridized carbons (Fsp3) is 0.400. The molecular weight excluding hydrogens is 422 g/mol. The zero-order chi connectivity index (χ0) is 24.0. The molecule has 2 atom stereocenters. The van der Waals surface area contributed by atoms with Crippen LogP contribution >= 0.6 is 0 Å². The van der Waals surface area contributed by atoms with E-state index in [0.717, 1.165) is 22.3 Å². The van der Waals surface area contributed by atoms with Crippen LogP contribution < -0.4 is 10.6 Å². The van der Waals surface area contributed by atoms with Crippen molar-refractivity contribution in [3.8, 4) is 11.1 Å². The van der Waals surface area contributed by atoms with Gasteiger partial charge in [0.25, 0.3) is 0 Å². The minimum absolute atomic E-state index is 0.0456. The molecule has 8 nitrogen and oxygen atoms in total. The predicted molar refractivity (Wildman–Crippen MR) is 125 cm³/mol. The number of aliphatic carboxylic acids is 1. The Morgan fingerprint density at radius 1 is 1.03 bits per heavy atom. The zero-order valence-electron chi connectivity index (χ0n) is 19.2. The first kappa shape index (κ1) is 24.3. The van der Waals surface area contributed by atoms with E-state index in [-0.39, 0.29) is 25.6 Å². The normalized spacial score (nSPS) is 14.2. The fourth-order valence-corrected chi connectivity index (χ4v) is 4.12. The Morgan fingerprint density at radius 2 is 1.61 bits per heavy atom. The van der Waals surface area contributed by atoms with Gasteiger partial charge in [-0.3, -0.25) is 4.79 Å². The van der Waals surface area contributed by atoms with Crippen molar-refractivity contribution in [3.63, 3.8) is 0 Å². The van der Waals surface area contributed by atoms with E-state index in [1.165, 1.54) is 0 Å². The van der Waals surface area contributed by atoms with Crippen LogP contribution in [0.25, 0.3) is 11.1 Å². The van der Waals surface area contributed by atoms with E-state index in [4.69, 9.17) is 4.74 Å². The van der Waals surface area contributed by atoms with Gasteiger partial charge in [0.05, 0.1) is 5.92 Å². The van der Waals surface area contributed by atoms with Gasteiger partial charge in [0.15, 0.2) is 0 Å². The summed E-state index contributed by atoms with van der Waals surface area (Å²) in [6.07, 6.45) is -0.157. The number of carbonyl (C=O) groups excluding carboxylic acids is 2. The van der Waals surface area contributed by atoms with Crippen molar-refractivity contribution < 1.29 is 24.2 Å². The van der Waals surface area contributed by atoms with Crippen molar-refractivity contribution in [2.75, 3.05) is 33.8 Å². The third-order valence-corrected chi connectivity index (χ3v) is 5.86. The Labute approximate surface area is 193 Å². The maximum absolute atomic E-state index is 12.5. The average molecular weight is 454 g/mol. The van der Waals surface area contributed by atoms with Gasteiger partial charge in [-0.2, -0.15) is 0 Å². The first-order valence-corrected chi connectivity index (χ1v) is 11.1. The summed E-state index contributed by atoms with van der Waals surface area (Å²) in [6, 6.07) is 15.2. The number of rotatable bonds is 10. The van der Waals surface area contributed by atoms with Gasteiger partial charge in [0, 0.05) is 19.0 Å². The number of hydrogen-bond acceptors (Lipinski definition) is 5.